The number of halogens is 2. The number of hydrogen-bond donors (Lipinski definition) is 6. The van der Waals surface area contributed by atoms with Crippen molar-refractivity contribution in [2.24, 2.45) is 10.3 Å². The average Bonchev–Trinajstić information content (AvgIpc) is 2.10. The van der Waals surface area contributed by atoms with Gasteiger partial charge in [0.15, 0.2) is 0 Å². The van der Waals surface area contributed by atoms with E-state index in [0.29, 0.717) is 126 Å². The predicted octanol–water partition coefficient (Wildman–Crippen LogP) is 5.66. The van der Waals surface area contributed by atoms with Crippen molar-refractivity contribution in [2.75, 3.05) is 119 Å². The number of amides is 4. The second-order valence-corrected chi connectivity index (χ2v) is 25.8. The van der Waals surface area contributed by atoms with Gasteiger partial charge in [-0.05, 0) is 172 Å². The molecule has 2 atom stereocenters. The van der Waals surface area contributed by atoms with Gasteiger partial charge < -0.3 is 50.3 Å². The molecule has 2 fully saturated rings. The average molecular weight is 1200 g/mol. The maximum absolute atomic E-state index is 13.0. The van der Waals surface area contributed by atoms with Crippen molar-refractivity contribution in [3.8, 4) is 12.1 Å². The molecule has 4 heterocycles. The second-order valence-electron chi connectivity index (χ2n) is 21.9. The van der Waals surface area contributed by atoms with Crippen molar-refractivity contribution in [1.82, 2.24) is 40.9 Å². The quantitative estimate of drug-likeness (QED) is 0.0490. The minimum Gasteiger partial charge on any atom is -0.378 e. The molecule has 0 saturated carbocycles. The Bertz CT molecular complexity index is 3020. The van der Waals surface area contributed by atoms with Crippen molar-refractivity contribution in [3.05, 3.63) is 126 Å². The number of piperidine rings is 2. The fourth-order valence-electron chi connectivity index (χ4n) is 12.3. The highest BCUT2D eigenvalue weighted by Gasteiger charge is 2.37. The van der Waals surface area contributed by atoms with Gasteiger partial charge in [0.2, 0.25) is 20.0 Å². The first kappa shape index (κ1) is 62.6. The normalized spacial score (nSPS) is 18.7. The van der Waals surface area contributed by atoms with E-state index in [1.54, 1.807) is 36.4 Å². The lowest BCUT2D eigenvalue weighted by Gasteiger charge is -2.37. The van der Waals surface area contributed by atoms with Gasteiger partial charge in [0.1, 0.15) is 0 Å². The molecule has 4 amide bonds. The van der Waals surface area contributed by atoms with Crippen LogP contribution in [0.15, 0.2) is 70.5 Å². The van der Waals surface area contributed by atoms with Crippen molar-refractivity contribution < 1.29 is 35.9 Å². The predicted molar refractivity (Wildman–Crippen MR) is 315 cm³/mol. The largest absolute Gasteiger partial charge is 0.378 e. The molecule has 4 aliphatic heterocycles. The number of carbonyl (C=O) groups is 2. The maximum atomic E-state index is 13.0. The molecule has 0 aliphatic carbocycles. The number of likely N-dealkylation sites (N-methyl/N-ethyl adjacent to an activating group) is 2. The summed E-state index contributed by atoms with van der Waals surface area (Å²) in [5.41, 5.74) is 8.02. The molecular formula is C58H76Cl2N12O8S2. The third kappa shape index (κ3) is 16.3. The fraction of sp³-hybridized carbons (Fsp3) is 0.517. The Balaban J connectivity index is 0.657. The third-order valence-corrected chi connectivity index (χ3v) is 18.6. The maximum Gasteiger partial charge on any atom is 0.314 e. The highest BCUT2D eigenvalue weighted by atomic mass is 35.5. The van der Waals surface area contributed by atoms with Crippen LogP contribution in [0.5, 0.6) is 0 Å². The number of sulfonamides is 2. The summed E-state index contributed by atoms with van der Waals surface area (Å²) >= 11 is 13.0. The van der Waals surface area contributed by atoms with Crippen molar-refractivity contribution in [1.29, 1.82) is 10.5 Å². The molecule has 20 nitrogen and oxygen atoms in total. The van der Waals surface area contributed by atoms with Gasteiger partial charge >= 0.3 is 12.1 Å². The monoisotopic (exact) mass is 1200 g/mol. The number of nitrogens with one attached hydrogen (secondary N) is 4. The second kappa shape index (κ2) is 28.9. The van der Waals surface area contributed by atoms with Gasteiger partial charge in [0.25, 0.3) is 0 Å². The first-order chi connectivity index (χ1) is 39.3. The molecule has 2 unspecified atom stereocenters. The van der Waals surface area contributed by atoms with E-state index in [4.69, 9.17) is 43.0 Å². The van der Waals surface area contributed by atoms with Crippen LogP contribution in [0.25, 0.3) is 0 Å². The van der Waals surface area contributed by atoms with Crippen LogP contribution in [-0.2, 0) is 42.6 Å². The van der Waals surface area contributed by atoms with Crippen LogP contribution in [0.2, 0.25) is 10.0 Å². The minimum atomic E-state index is -4.03. The van der Waals surface area contributed by atoms with Crippen LogP contribution in [-0.4, -0.2) is 168 Å². The SMILES string of the molecule is CN1Cc2c(C#N)cc(Cl)cc2C(c2cccc(S(N)(=O)=O)c2C2CCN(CCOCCNC(=O)NCCCCNC(=O)NCCOCCN3CCC(c4c(C5CN(C)Cc6c(C#N)cc(Cl)cc65)cccc4S(N)(=O)=O)CC3)CC2)C1. The van der Waals surface area contributed by atoms with Crippen LogP contribution in [0.3, 0.4) is 0 Å². The molecule has 4 aliphatic rings. The number of ether oxygens (including phenoxy) is 2. The topological polar surface area (TPSA) is 282 Å². The molecule has 0 aromatic heterocycles. The first-order valence-corrected chi connectivity index (χ1v) is 31.9. The lowest BCUT2D eigenvalue weighted by atomic mass is 9.77. The van der Waals surface area contributed by atoms with Crippen LogP contribution < -0.4 is 31.5 Å². The summed E-state index contributed by atoms with van der Waals surface area (Å²) in [5, 5.41) is 43.7. The zero-order valence-electron chi connectivity index (χ0n) is 46.7. The van der Waals surface area contributed by atoms with Gasteiger partial charge in [0, 0.05) is 87.3 Å². The molecule has 8 rings (SSSR count). The molecule has 0 spiro atoms. The molecule has 82 heavy (non-hydrogen) atoms. The van der Waals surface area contributed by atoms with Crippen LogP contribution in [0, 0.1) is 22.7 Å². The van der Waals surface area contributed by atoms with Gasteiger partial charge in [-0.15, -0.1) is 0 Å². The number of nitrogens with two attached hydrogens (primary N) is 2. The Morgan fingerprint density at radius 1 is 0.585 bits per heavy atom. The van der Waals surface area contributed by atoms with Crippen molar-refractivity contribution in [2.45, 2.75) is 85.1 Å². The molecule has 4 aromatic carbocycles. The number of nitrogens with zero attached hydrogens (tertiary/aromatic N) is 6. The van der Waals surface area contributed by atoms with E-state index in [0.717, 1.165) is 96.4 Å². The number of hydrogen-bond acceptors (Lipinski definition) is 14. The summed E-state index contributed by atoms with van der Waals surface area (Å²) in [5.74, 6) is -0.469. The van der Waals surface area contributed by atoms with Gasteiger partial charge in [-0.3, -0.25) is 0 Å². The summed E-state index contributed by atoms with van der Waals surface area (Å²) in [4.78, 5) is 33.9. The number of primary sulfonamides is 2. The fourth-order valence-corrected chi connectivity index (χ4v) is 14.5. The zero-order chi connectivity index (χ0) is 58.6. The Labute approximate surface area is 492 Å². The van der Waals surface area contributed by atoms with Crippen LogP contribution in [0.4, 0.5) is 9.59 Å². The minimum absolute atomic E-state index is 0.0409. The van der Waals surface area contributed by atoms with Crippen molar-refractivity contribution >= 4 is 55.3 Å². The number of unbranched alkanes of at least 4 members (excludes halogenated alkanes) is 1. The lowest BCUT2D eigenvalue weighted by molar-refractivity contribution is 0.0956. The zero-order valence-corrected chi connectivity index (χ0v) is 49.9. The Kier molecular flexibility index (Phi) is 22.1. The first-order valence-electron chi connectivity index (χ1n) is 28.1. The smallest absolute Gasteiger partial charge is 0.314 e. The van der Waals surface area contributed by atoms with E-state index in [-0.39, 0.29) is 45.5 Å². The lowest BCUT2D eigenvalue weighted by Crippen LogP contribution is -2.39. The summed E-state index contributed by atoms with van der Waals surface area (Å²) < 4.78 is 63.8. The van der Waals surface area contributed by atoms with E-state index in [9.17, 15) is 36.9 Å². The molecule has 0 bridgehead atoms. The molecule has 24 heteroatoms. The molecular weight excluding hydrogens is 1130 g/mol. The van der Waals surface area contributed by atoms with Gasteiger partial charge in [-0.25, -0.2) is 36.7 Å². The number of urea groups is 2. The molecule has 2 saturated heterocycles. The van der Waals surface area contributed by atoms with Crippen LogP contribution in [0.1, 0.15) is 118 Å². The van der Waals surface area contributed by atoms with E-state index in [2.05, 4.69) is 53.0 Å². The van der Waals surface area contributed by atoms with Crippen LogP contribution >= 0.6 is 23.2 Å². The number of rotatable bonds is 23. The standard InChI is InChI=1S/C58H76Cl2N12O8S2/c1-69-35-49-41(33-61)29-43(59)31-47(49)51(37-69)45-7-5-9-53(81(63,75)76)55(45)39-11-19-71(20-12-39)23-27-79-25-17-67-57(73)65-15-3-4-16-66-58(74)68-18-26-80-28-24-72-21-13-40(14-22-72)56-46(8-6-10-54(56)82(64,77)78)52-38-70(2)36-50-42(34-62)30-44(60)32-48(50)52/h5-10,29-32,39-40,51-52H,3-4,11-28,35-38H2,1-2H3,(H2,63,75,76)(H2,64,77,78)(H2,65,67,73)(H2,66,68,74). The highest BCUT2D eigenvalue weighted by molar-refractivity contribution is 7.89. The molecule has 442 valence electrons. The number of benzene rings is 4. The van der Waals surface area contributed by atoms with E-state index in [1.807, 2.05) is 38.4 Å². The van der Waals surface area contributed by atoms with E-state index >= 15 is 0 Å². The van der Waals surface area contributed by atoms with E-state index in [1.165, 1.54) is 0 Å². The van der Waals surface area contributed by atoms with Gasteiger partial charge in [-0.1, -0.05) is 47.5 Å². The van der Waals surface area contributed by atoms with Gasteiger partial charge in [0.05, 0.1) is 59.5 Å². The Morgan fingerprint density at radius 2 is 0.963 bits per heavy atom. The highest BCUT2D eigenvalue weighted by Crippen LogP contribution is 2.45. The number of carbonyl (C=O) groups excluding carboxylic acids is 2. The summed E-state index contributed by atoms with van der Waals surface area (Å²) in [6, 6.07) is 21.8. The third-order valence-electron chi connectivity index (χ3n) is 16.2. The number of nitriles is 2. The Morgan fingerprint density at radius 3 is 1.33 bits per heavy atom. The van der Waals surface area contributed by atoms with E-state index < -0.39 is 20.0 Å². The molecule has 4 aromatic rings. The Hall–Kier alpha value is -5.44. The van der Waals surface area contributed by atoms with Crippen molar-refractivity contribution in [3.63, 3.8) is 0 Å². The number of fused-ring (bicyclic) bond motifs is 2. The molecule has 8 N–H and O–H groups in total. The summed E-state index contributed by atoms with van der Waals surface area (Å²) in [7, 11) is -4.07. The number of likely N-dealkylation sites (tertiary alicyclic amines) is 2. The molecule has 0 radical (unpaired) electrons. The summed E-state index contributed by atoms with van der Waals surface area (Å²) in [6.45, 7) is 10.0. The summed E-state index contributed by atoms with van der Waals surface area (Å²) in [6.07, 6.45) is 4.28. The van der Waals surface area contributed by atoms with Gasteiger partial charge in [-0.2, -0.15) is 10.5 Å².